The summed E-state index contributed by atoms with van der Waals surface area (Å²) in [7, 11) is 0. The Balaban J connectivity index is 1.88. The van der Waals surface area contributed by atoms with Crippen molar-refractivity contribution in [3.05, 3.63) is 17.6 Å². The Kier molecular flexibility index (Phi) is 1.85. The van der Waals surface area contributed by atoms with E-state index in [0.717, 1.165) is 23.3 Å². The average molecular weight is 207 g/mol. The summed E-state index contributed by atoms with van der Waals surface area (Å²) in [5, 5.41) is 6.22. The fourth-order valence-electron chi connectivity index (χ4n) is 1.29. The largest absolute Gasteiger partial charge is 0.457 e. The second kappa shape index (κ2) is 3.18. The van der Waals surface area contributed by atoms with Crippen LogP contribution in [0, 0.1) is 0 Å². The maximum absolute atomic E-state index is 5.55. The van der Waals surface area contributed by atoms with E-state index in [4.69, 9.17) is 4.74 Å². The highest BCUT2D eigenvalue weighted by Gasteiger charge is 2.19. The fourth-order valence-corrected chi connectivity index (χ4v) is 2.02. The lowest BCUT2D eigenvalue weighted by Crippen LogP contribution is -2.50. The van der Waals surface area contributed by atoms with E-state index in [9.17, 15) is 0 Å². The van der Waals surface area contributed by atoms with Crippen LogP contribution in [-0.4, -0.2) is 29.2 Å². The van der Waals surface area contributed by atoms with Gasteiger partial charge in [0.1, 0.15) is 10.9 Å². The van der Waals surface area contributed by atoms with Crippen LogP contribution in [0.25, 0.3) is 10.2 Å². The van der Waals surface area contributed by atoms with E-state index in [1.807, 2.05) is 11.4 Å². The van der Waals surface area contributed by atoms with Crippen LogP contribution < -0.4 is 10.1 Å². The highest BCUT2D eigenvalue weighted by Crippen LogP contribution is 2.19. The van der Waals surface area contributed by atoms with Gasteiger partial charge >= 0.3 is 6.01 Å². The minimum absolute atomic E-state index is 0.243. The maximum atomic E-state index is 5.55. The lowest BCUT2D eigenvalue weighted by molar-refractivity contribution is 0.130. The normalized spacial score (nSPS) is 16.9. The number of nitrogens with zero attached hydrogens (tertiary/aromatic N) is 2. The molecule has 0 aromatic carbocycles. The number of aromatic nitrogens is 2. The van der Waals surface area contributed by atoms with Gasteiger partial charge in [0.15, 0.2) is 0 Å². The van der Waals surface area contributed by atoms with Crippen LogP contribution in [0.2, 0.25) is 0 Å². The van der Waals surface area contributed by atoms with Crippen molar-refractivity contribution >= 4 is 21.6 Å². The van der Waals surface area contributed by atoms with E-state index in [-0.39, 0.29) is 6.10 Å². The molecule has 1 aliphatic heterocycles. The molecule has 1 aliphatic rings. The van der Waals surface area contributed by atoms with Crippen molar-refractivity contribution in [2.45, 2.75) is 6.10 Å². The first-order valence-corrected chi connectivity index (χ1v) is 5.37. The van der Waals surface area contributed by atoms with E-state index in [1.54, 1.807) is 17.5 Å². The number of rotatable bonds is 2. The predicted octanol–water partition coefficient (Wildman–Crippen LogP) is 1.04. The Morgan fingerprint density at radius 1 is 1.50 bits per heavy atom. The lowest BCUT2D eigenvalue weighted by atomic mass is 10.2. The third-order valence-electron chi connectivity index (χ3n) is 2.20. The first kappa shape index (κ1) is 8.14. The molecule has 0 spiro atoms. The quantitative estimate of drug-likeness (QED) is 0.799. The van der Waals surface area contributed by atoms with Crippen molar-refractivity contribution in [1.82, 2.24) is 15.3 Å². The molecule has 0 radical (unpaired) electrons. The number of thiophene rings is 1. The summed E-state index contributed by atoms with van der Waals surface area (Å²) in [6.07, 6.45) is 2.05. The van der Waals surface area contributed by atoms with E-state index in [1.165, 1.54) is 0 Å². The minimum Gasteiger partial charge on any atom is -0.457 e. The third-order valence-corrected chi connectivity index (χ3v) is 3.02. The average Bonchev–Trinajstić information content (AvgIpc) is 2.58. The van der Waals surface area contributed by atoms with E-state index in [0.29, 0.717) is 6.01 Å². The molecular weight excluding hydrogens is 198 g/mol. The molecule has 1 fully saturated rings. The van der Waals surface area contributed by atoms with Crippen LogP contribution in [-0.2, 0) is 0 Å². The summed E-state index contributed by atoms with van der Waals surface area (Å²) >= 11 is 1.61. The summed E-state index contributed by atoms with van der Waals surface area (Å²) in [4.78, 5) is 9.45. The molecule has 3 heterocycles. The van der Waals surface area contributed by atoms with Gasteiger partial charge in [0, 0.05) is 24.7 Å². The van der Waals surface area contributed by atoms with Gasteiger partial charge in [-0.05, 0) is 11.4 Å². The number of nitrogens with one attached hydrogen (secondary N) is 1. The molecular formula is C9H9N3OS. The van der Waals surface area contributed by atoms with Crippen LogP contribution in [0.1, 0.15) is 0 Å². The van der Waals surface area contributed by atoms with Crippen molar-refractivity contribution in [3.63, 3.8) is 0 Å². The van der Waals surface area contributed by atoms with E-state index >= 15 is 0 Å². The Morgan fingerprint density at radius 2 is 2.43 bits per heavy atom. The van der Waals surface area contributed by atoms with Gasteiger partial charge in [-0.25, -0.2) is 4.98 Å². The summed E-state index contributed by atoms with van der Waals surface area (Å²) in [6, 6.07) is 2.50. The zero-order chi connectivity index (χ0) is 9.38. The van der Waals surface area contributed by atoms with Gasteiger partial charge in [-0.1, -0.05) is 0 Å². The standard InChI is InChI=1S/C9H9N3OS/c1-2-14-8-6(1)3-11-9(12-8)13-7-4-10-5-7/h1-3,7,10H,4-5H2. The van der Waals surface area contributed by atoms with E-state index in [2.05, 4.69) is 15.3 Å². The number of hydrogen-bond donors (Lipinski definition) is 1. The molecule has 5 heteroatoms. The second-order valence-electron chi connectivity index (χ2n) is 3.23. The lowest BCUT2D eigenvalue weighted by Gasteiger charge is -2.26. The molecule has 1 saturated heterocycles. The van der Waals surface area contributed by atoms with Crippen molar-refractivity contribution in [3.8, 4) is 6.01 Å². The number of hydrogen-bond acceptors (Lipinski definition) is 5. The highest BCUT2D eigenvalue weighted by atomic mass is 32.1. The van der Waals surface area contributed by atoms with Crippen LogP contribution >= 0.6 is 11.3 Å². The molecule has 0 atom stereocenters. The maximum Gasteiger partial charge on any atom is 0.318 e. The molecule has 0 saturated carbocycles. The van der Waals surface area contributed by atoms with Gasteiger partial charge in [-0.15, -0.1) is 11.3 Å². The number of fused-ring (bicyclic) bond motifs is 1. The van der Waals surface area contributed by atoms with Crippen molar-refractivity contribution in [1.29, 1.82) is 0 Å². The fraction of sp³-hybridized carbons (Fsp3) is 0.333. The van der Waals surface area contributed by atoms with E-state index < -0.39 is 0 Å². The van der Waals surface area contributed by atoms with Crippen molar-refractivity contribution in [2.24, 2.45) is 0 Å². The van der Waals surface area contributed by atoms with Gasteiger partial charge in [-0.3, -0.25) is 0 Å². The zero-order valence-electron chi connectivity index (χ0n) is 7.43. The van der Waals surface area contributed by atoms with Crippen LogP contribution in [0.4, 0.5) is 0 Å². The van der Waals surface area contributed by atoms with Crippen molar-refractivity contribution < 1.29 is 4.74 Å². The SMILES string of the molecule is c1cc2cnc(OC3CNC3)nc2s1. The smallest absolute Gasteiger partial charge is 0.318 e. The molecule has 2 aromatic rings. The summed E-state index contributed by atoms with van der Waals surface area (Å²) in [5.74, 6) is 0. The summed E-state index contributed by atoms with van der Waals surface area (Å²) in [6.45, 7) is 1.79. The first-order chi connectivity index (χ1) is 6.92. The topological polar surface area (TPSA) is 47.0 Å². The Morgan fingerprint density at radius 3 is 3.21 bits per heavy atom. The van der Waals surface area contributed by atoms with Gasteiger partial charge in [0.2, 0.25) is 0 Å². The Hall–Kier alpha value is -1.20. The summed E-state index contributed by atoms with van der Waals surface area (Å²) < 4.78 is 5.55. The molecule has 0 bridgehead atoms. The summed E-state index contributed by atoms with van der Waals surface area (Å²) in [5.41, 5.74) is 0. The minimum atomic E-state index is 0.243. The molecule has 14 heavy (non-hydrogen) atoms. The Bertz CT molecular complexity index is 452. The first-order valence-electron chi connectivity index (χ1n) is 4.49. The van der Waals surface area contributed by atoms with Gasteiger partial charge < -0.3 is 10.1 Å². The van der Waals surface area contributed by atoms with Crippen LogP contribution in [0.15, 0.2) is 17.6 Å². The van der Waals surface area contributed by atoms with Crippen LogP contribution in [0.5, 0.6) is 6.01 Å². The molecule has 72 valence electrons. The van der Waals surface area contributed by atoms with Gasteiger partial charge in [-0.2, -0.15) is 4.98 Å². The third kappa shape index (κ3) is 1.34. The van der Waals surface area contributed by atoms with Gasteiger partial charge in [0.05, 0.1) is 0 Å². The molecule has 4 nitrogen and oxygen atoms in total. The monoisotopic (exact) mass is 207 g/mol. The second-order valence-corrected chi connectivity index (χ2v) is 4.13. The highest BCUT2D eigenvalue weighted by molar-refractivity contribution is 7.16. The molecule has 1 N–H and O–H groups in total. The molecule has 3 rings (SSSR count). The van der Waals surface area contributed by atoms with Crippen LogP contribution in [0.3, 0.4) is 0 Å². The zero-order valence-corrected chi connectivity index (χ0v) is 8.25. The molecule has 0 unspecified atom stereocenters. The van der Waals surface area contributed by atoms with Gasteiger partial charge in [0.25, 0.3) is 0 Å². The Labute approximate surface area is 84.9 Å². The molecule has 0 amide bonds. The number of ether oxygens (including phenoxy) is 1. The molecule has 2 aromatic heterocycles. The molecule has 0 aliphatic carbocycles. The van der Waals surface area contributed by atoms with Crippen molar-refractivity contribution in [2.75, 3.05) is 13.1 Å². The predicted molar refractivity (Wildman–Crippen MR) is 54.7 cm³/mol.